The number of hydrogen-bond acceptors (Lipinski definition) is 5. The lowest BCUT2D eigenvalue weighted by Crippen LogP contribution is -2.46. The summed E-state index contributed by atoms with van der Waals surface area (Å²) in [4.78, 5) is 27.1. The fourth-order valence-corrected chi connectivity index (χ4v) is 4.21. The summed E-state index contributed by atoms with van der Waals surface area (Å²) >= 11 is 1.62. The Hall–Kier alpha value is -1.69. The van der Waals surface area contributed by atoms with Crippen molar-refractivity contribution in [3.63, 3.8) is 0 Å². The third-order valence-corrected chi connectivity index (χ3v) is 5.74. The molecule has 1 saturated heterocycles. The summed E-state index contributed by atoms with van der Waals surface area (Å²) in [6, 6.07) is 2.00. The fraction of sp³-hybridized carbons (Fsp3) is 0.588. The molecule has 0 bridgehead atoms. The number of anilines is 1. The lowest BCUT2D eigenvalue weighted by atomic mass is 10.1. The van der Waals surface area contributed by atoms with E-state index in [9.17, 15) is 4.79 Å². The number of thiophene rings is 1. The molecule has 1 unspecified atom stereocenters. The van der Waals surface area contributed by atoms with Crippen molar-refractivity contribution in [2.24, 2.45) is 5.92 Å². The molecule has 5 nitrogen and oxygen atoms in total. The molecular formula is C17H22N4OS. The van der Waals surface area contributed by atoms with Crippen LogP contribution < -0.4 is 4.90 Å². The Bertz CT molecular complexity index is 711. The van der Waals surface area contributed by atoms with Gasteiger partial charge in [0, 0.05) is 19.6 Å². The third kappa shape index (κ3) is 2.80. The molecule has 1 atom stereocenters. The first-order chi connectivity index (χ1) is 11.3. The third-order valence-electron chi connectivity index (χ3n) is 4.92. The van der Waals surface area contributed by atoms with Gasteiger partial charge in [0.15, 0.2) is 0 Å². The highest BCUT2D eigenvalue weighted by molar-refractivity contribution is 7.16. The highest BCUT2D eigenvalue weighted by Gasteiger charge is 2.36. The van der Waals surface area contributed by atoms with Gasteiger partial charge in [-0.3, -0.25) is 4.79 Å². The topological polar surface area (TPSA) is 49.3 Å². The molecule has 2 aromatic heterocycles. The van der Waals surface area contributed by atoms with Crippen molar-refractivity contribution < 1.29 is 4.79 Å². The van der Waals surface area contributed by atoms with Crippen LogP contribution in [0, 0.1) is 5.92 Å². The number of nitrogens with zero attached hydrogens (tertiary/aromatic N) is 4. The maximum atomic E-state index is 13.0. The van der Waals surface area contributed by atoms with E-state index in [4.69, 9.17) is 0 Å². The molecule has 0 spiro atoms. The Labute approximate surface area is 140 Å². The number of rotatable bonds is 5. The predicted molar refractivity (Wildman–Crippen MR) is 92.8 cm³/mol. The molecule has 122 valence electrons. The molecule has 0 radical (unpaired) electrons. The van der Waals surface area contributed by atoms with Gasteiger partial charge in [-0.15, -0.1) is 11.3 Å². The molecular weight excluding hydrogens is 308 g/mol. The number of carbonyl (C=O) groups is 1. The van der Waals surface area contributed by atoms with Crippen LogP contribution in [0.4, 0.5) is 5.82 Å². The van der Waals surface area contributed by atoms with Crippen molar-refractivity contribution in [3.05, 3.63) is 17.8 Å². The lowest BCUT2D eigenvalue weighted by molar-refractivity contribution is -0.132. The number of fused-ring (bicyclic) bond motifs is 1. The van der Waals surface area contributed by atoms with Gasteiger partial charge in [0.25, 0.3) is 0 Å². The van der Waals surface area contributed by atoms with Gasteiger partial charge in [0.2, 0.25) is 5.91 Å². The molecule has 1 amide bonds. The van der Waals surface area contributed by atoms with Crippen molar-refractivity contribution in [2.75, 3.05) is 24.5 Å². The number of amides is 1. The van der Waals surface area contributed by atoms with Crippen LogP contribution >= 0.6 is 11.3 Å². The summed E-state index contributed by atoms with van der Waals surface area (Å²) in [6.45, 7) is 4.72. The monoisotopic (exact) mass is 330 g/mol. The molecule has 23 heavy (non-hydrogen) atoms. The second-order valence-electron chi connectivity index (χ2n) is 6.51. The number of carbonyl (C=O) groups excluding carboxylic acids is 1. The Morgan fingerprint density at radius 2 is 2.26 bits per heavy atom. The van der Waals surface area contributed by atoms with Crippen molar-refractivity contribution in [1.82, 2.24) is 14.9 Å². The van der Waals surface area contributed by atoms with Crippen LogP contribution in [0.25, 0.3) is 10.2 Å². The van der Waals surface area contributed by atoms with Gasteiger partial charge >= 0.3 is 0 Å². The van der Waals surface area contributed by atoms with Crippen LogP contribution in [0.15, 0.2) is 17.8 Å². The zero-order valence-corrected chi connectivity index (χ0v) is 14.3. The minimum absolute atomic E-state index is 0.0632. The van der Waals surface area contributed by atoms with E-state index in [0.717, 1.165) is 54.4 Å². The van der Waals surface area contributed by atoms with E-state index in [1.807, 2.05) is 10.3 Å². The summed E-state index contributed by atoms with van der Waals surface area (Å²) in [5.41, 5.74) is 0. The van der Waals surface area contributed by atoms with Gasteiger partial charge in [-0.05, 0) is 50.0 Å². The maximum Gasteiger partial charge on any atom is 0.245 e. The highest BCUT2D eigenvalue weighted by Crippen LogP contribution is 2.34. The van der Waals surface area contributed by atoms with Crippen molar-refractivity contribution in [2.45, 2.75) is 38.6 Å². The van der Waals surface area contributed by atoms with E-state index in [1.165, 1.54) is 12.8 Å². The van der Waals surface area contributed by atoms with Crippen molar-refractivity contribution in [3.8, 4) is 0 Å². The average Bonchev–Trinajstić information content (AvgIpc) is 3.06. The van der Waals surface area contributed by atoms with Crippen LogP contribution in [0.5, 0.6) is 0 Å². The van der Waals surface area contributed by atoms with Crippen molar-refractivity contribution in [1.29, 1.82) is 0 Å². The Morgan fingerprint density at radius 1 is 1.39 bits per heavy atom. The lowest BCUT2D eigenvalue weighted by Gasteiger charge is -2.30. The largest absolute Gasteiger partial charge is 0.344 e. The first-order valence-electron chi connectivity index (χ1n) is 8.51. The molecule has 6 heteroatoms. The van der Waals surface area contributed by atoms with Gasteiger partial charge in [-0.25, -0.2) is 9.97 Å². The van der Waals surface area contributed by atoms with Gasteiger partial charge in [0.05, 0.1) is 5.39 Å². The Balaban J connectivity index is 1.60. The molecule has 2 aromatic rings. The summed E-state index contributed by atoms with van der Waals surface area (Å²) in [6.07, 6.45) is 6.15. The van der Waals surface area contributed by atoms with Crippen LogP contribution in [0.2, 0.25) is 0 Å². The maximum absolute atomic E-state index is 13.0. The summed E-state index contributed by atoms with van der Waals surface area (Å²) in [7, 11) is 0. The van der Waals surface area contributed by atoms with E-state index >= 15 is 0 Å². The zero-order chi connectivity index (χ0) is 15.8. The minimum atomic E-state index is -0.0632. The SMILES string of the molecule is CCN(CC1CC1)C(=O)C1CCCN1c1ncnc2sccc12. The number of aromatic nitrogens is 2. The van der Waals surface area contributed by atoms with E-state index in [2.05, 4.69) is 27.9 Å². The molecule has 3 heterocycles. The smallest absolute Gasteiger partial charge is 0.245 e. The number of likely N-dealkylation sites (N-methyl/N-ethyl adjacent to an activating group) is 1. The molecule has 1 aliphatic heterocycles. The summed E-state index contributed by atoms with van der Waals surface area (Å²) < 4.78 is 0. The van der Waals surface area contributed by atoms with Gasteiger partial charge < -0.3 is 9.80 Å². The van der Waals surface area contributed by atoms with Crippen LogP contribution in [-0.2, 0) is 4.79 Å². The quantitative estimate of drug-likeness (QED) is 0.846. The number of hydrogen-bond donors (Lipinski definition) is 0. The van der Waals surface area contributed by atoms with Gasteiger partial charge in [-0.1, -0.05) is 0 Å². The molecule has 1 saturated carbocycles. The normalized spacial score (nSPS) is 21.1. The Morgan fingerprint density at radius 3 is 3.04 bits per heavy atom. The minimum Gasteiger partial charge on any atom is -0.344 e. The van der Waals surface area contributed by atoms with Gasteiger partial charge in [-0.2, -0.15) is 0 Å². The molecule has 0 N–H and O–H groups in total. The van der Waals surface area contributed by atoms with Crippen LogP contribution in [0.3, 0.4) is 0 Å². The second-order valence-corrected chi connectivity index (χ2v) is 7.40. The van der Waals surface area contributed by atoms with Crippen LogP contribution in [0.1, 0.15) is 32.6 Å². The Kier molecular flexibility index (Phi) is 3.93. The standard InChI is InChI=1S/C17H22N4OS/c1-2-20(10-12-5-6-12)17(22)14-4-3-8-21(14)15-13-7-9-23-16(13)19-11-18-15/h7,9,11-12,14H,2-6,8,10H2,1H3. The first-order valence-corrected chi connectivity index (χ1v) is 9.39. The zero-order valence-electron chi connectivity index (χ0n) is 13.4. The molecule has 0 aromatic carbocycles. The van der Waals surface area contributed by atoms with E-state index in [1.54, 1.807) is 17.7 Å². The molecule has 2 fully saturated rings. The summed E-state index contributed by atoms with van der Waals surface area (Å²) in [5, 5.41) is 3.11. The highest BCUT2D eigenvalue weighted by atomic mass is 32.1. The van der Waals surface area contributed by atoms with E-state index < -0.39 is 0 Å². The average molecular weight is 330 g/mol. The van der Waals surface area contributed by atoms with Crippen molar-refractivity contribution >= 4 is 33.3 Å². The first kappa shape index (κ1) is 14.9. The molecule has 4 rings (SSSR count). The fourth-order valence-electron chi connectivity index (χ4n) is 3.48. The van der Waals surface area contributed by atoms with Gasteiger partial charge in [0.1, 0.15) is 23.0 Å². The summed E-state index contributed by atoms with van der Waals surface area (Å²) in [5.74, 6) is 1.94. The van der Waals surface area contributed by atoms with E-state index in [0.29, 0.717) is 0 Å². The predicted octanol–water partition coefficient (Wildman–Crippen LogP) is 2.92. The molecule has 2 aliphatic rings. The molecule has 1 aliphatic carbocycles. The van der Waals surface area contributed by atoms with E-state index in [-0.39, 0.29) is 11.9 Å². The second kappa shape index (κ2) is 6.07. The van der Waals surface area contributed by atoms with Crippen LogP contribution in [-0.4, -0.2) is 46.5 Å².